The van der Waals surface area contributed by atoms with Crippen LogP contribution in [0.2, 0.25) is 0 Å². The van der Waals surface area contributed by atoms with Crippen molar-refractivity contribution in [1.29, 1.82) is 0 Å². The van der Waals surface area contributed by atoms with Gasteiger partial charge in [-0.2, -0.15) is 0 Å². The zero-order valence-corrected chi connectivity index (χ0v) is 10.8. The van der Waals surface area contributed by atoms with Gasteiger partial charge in [0.15, 0.2) is 0 Å². The van der Waals surface area contributed by atoms with Gasteiger partial charge in [0.05, 0.1) is 22.9 Å². The maximum atomic E-state index is 5.74. The van der Waals surface area contributed by atoms with Crippen LogP contribution in [0.3, 0.4) is 0 Å². The number of hydrogen-bond donors (Lipinski definition) is 1. The Kier molecular flexibility index (Phi) is 4.32. The summed E-state index contributed by atoms with van der Waals surface area (Å²) >= 11 is 1.72. The van der Waals surface area contributed by atoms with Crippen LogP contribution in [0, 0.1) is 6.92 Å². The molecule has 0 aliphatic carbocycles. The lowest BCUT2D eigenvalue weighted by Gasteiger charge is -2.11. The number of thiazole rings is 1. The van der Waals surface area contributed by atoms with Gasteiger partial charge >= 0.3 is 0 Å². The molecule has 2 unspecified atom stereocenters. The molecule has 1 aliphatic rings. The number of nitrogens with zero attached hydrogens (tertiary/aromatic N) is 1. The average molecular weight is 240 g/mol. The summed E-state index contributed by atoms with van der Waals surface area (Å²) in [5.74, 6) is 0. The first kappa shape index (κ1) is 12.0. The maximum absolute atomic E-state index is 5.74. The van der Waals surface area contributed by atoms with Crippen molar-refractivity contribution in [2.45, 2.75) is 45.3 Å². The number of aromatic nitrogens is 1. The van der Waals surface area contributed by atoms with Gasteiger partial charge in [0.1, 0.15) is 0 Å². The smallest absolute Gasteiger partial charge is 0.0897 e. The van der Waals surface area contributed by atoms with E-state index >= 15 is 0 Å². The van der Waals surface area contributed by atoms with Crippen LogP contribution < -0.4 is 5.32 Å². The van der Waals surface area contributed by atoms with E-state index < -0.39 is 0 Å². The highest BCUT2D eigenvalue weighted by atomic mass is 32.1. The molecule has 1 saturated heterocycles. The molecule has 1 aliphatic heterocycles. The van der Waals surface area contributed by atoms with E-state index in [1.165, 1.54) is 18.5 Å². The fourth-order valence-corrected chi connectivity index (χ4v) is 2.69. The molecule has 90 valence electrons. The Hall–Kier alpha value is -0.450. The van der Waals surface area contributed by atoms with Crippen molar-refractivity contribution in [2.24, 2.45) is 0 Å². The van der Waals surface area contributed by atoms with Crippen LogP contribution in [0.15, 0.2) is 5.38 Å². The van der Waals surface area contributed by atoms with Gasteiger partial charge in [-0.25, -0.2) is 4.98 Å². The van der Waals surface area contributed by atoms with E-state index in [4.69, 9.17) is 4.74 Å². The van der Waals surface area contributed by atoms with Crippen LogP contribution in [-0.2, 0) is 11.2 Å². The fraction of sp³-hybridized carbons (Fsp3) is 0.750. The highest BCUT2D eigenvalue weighted by Crippen LogP contribution is 2.18. The van der Waals surface area contributed by atoms with Crippen molar-refractivity contribution in [3.8, 4) is 0 Å². The summed E-state index contributed by atoms with van der Waals surface area (Å²) in [6.07, 6.45) is 4.30. The largest absolute Gasteiger partial charge is 0.374 e. The minimum atomic E-state index is 0.423. The lowest BCUT2D eigenvalue weighted by Crippen LogP contribution is -2.28. The van der Waals surface area contributed by atoms with E-state index in [9.17, 15) is 0 Å². The maximum Gasteiger partial charge on any atom is 0.0897 e. The van der Waals surface area contributed by atoms with Crippen molar-refractivity contribution in [2.75, 3.05) is 13.1 Å². The van der Waals surface area contributed by atoms with Crippen molar-refractivity contribution in [3.05, 3.63) is 16.1 Å². The Bertz CT molecular complexity index is 327. The third-order valence-electron chi connectivity index (χ3n) is 2.92. The normalized spacial score (nSPS) is 25.1. The number of rotatable bonds is 5. The standard InChI is InChI=1S/C12H20N2OS/c1-9-3-4-12(15-9)7-13-6-5-11-8-16-10(2)14-11/h8-9,12-13H,3-7H2,1-2H3. The van der Waals surface area contributed by atoms with Crippen LogP contribution in [0.4, 0.5) is 0 Å². The summed E-state index contributed by atoms with van der Waals surface area (Å²) < 4.78 is 5.74. The molecular weight excluding hydrogens is 220 g/mol. The number of nitrogens with one attached hydrogen (secondary N) is 1. The molecule has 0 saturated carbocycles. The van der Waals surface area contributed by atoms with E-state index in [1.54, 1.807) is 11.3 Å². The third kappa shape index (κ3) is 3.54. The van der Waals surface area contributed by atoms with Crippen LogP contribution in [0.5, 0.6) is 0 Å². The van der Waals surface area contributed by atoms with Crippen molar-refractivity contribution in [1.82, 2.24) is 10.3 Å². The lowest BCUT2D eigenvalue weighted by atomic mass is 10.2. The molecule has 0 amide bonds. The Morgan fingerprint density at radius 3 is 3.06 bits per heavy atom. The molecule has 4 heteroatoms. The predicted octanol–water partition coefficient (Wildman–Crippen LogP) is 2.15. The van der Waals surface area contributed by atoms with E-state index in [0.29, 0.717) is 12.2 Å². The predicted molar refractivity (Wildman–Crippen MR) is 67.0 cm³/mol. The number of aryl methyl sites for hydroxylation is 1. The van der Waals surface area contributed by atoms with E-state index in [0.717, 1.165) is 24.5 Å². The molecule has 0 spiro atoms. The Morgan fingerprint density at radius 1 is 1.56 bits per heavy atom. The molecule has 2 atom stereocenters. The van der Waals surface area contributed by atoms with Crippen LogP contribution in [0.25, 0.3) is 0 Å². The summed E-state index contributed by atoms with van der Waals surface area (Å²) in [5.41, 5.74) is 1.20. The average Bonchev–Trinajstić information content (AvgIpc) is 2.83. The topological polar surface area (TPSA) is 34.2 Å². The van der Waals surface area contributed by atoms with Gasteiger partial charge in [0.2, 0.25) is 0 Å². The van der Waals surface area contributed by atoms with Crippen molar-refractivity contribution in [3.63, 3.8) is 0 Å². The quantitative estimate of drug-likeness (QED) is 0.801. The third-order valence-corrected chi connectivity index (χ3v) is 3.74. The van der Waals surface area contributed by atoms with Gasteiger partial charge in [-0.15, -0.1) is 11.3 Å². The molecular formula is C12H20N2OS. The second kappa shape index (κ2) is 5.75. The summed E-state index contributed by atoms with van der Waals surface area (Å²) in [5, 5.41) is 6.74. The van der Waals surface area contributed by atoms with Crippen LogP contribution in [-0.4, -0.2) is 30.3 Å². The van der Waals surface area contributed by atoms with E-state index in [1.807, 2.05) is 0 Å². The molecule has 0 bridgehead atoms. The summed E-state index contributed by atoms with van der Waals surface area (Å²) in [6.45, 7) is 6.18. The Balaban J connectivity index is 1.58. The number of ether oxygens (including phenoxy) is 1. The summed E-state index contributed by atoms with van der Waals surface area (Å²) in [4.78, 5) is 4.44. The van der Waals surface area contributed by atoms with Gasteiger partial charge in [-0.3, -0.25) is 0 Å². The first-order valence-electron chi connectivity index (χ1n) is 6.01. The second-order valence-corrected chi connectivity index (χ2v) is 5.52. The molecule has 1 fully saturated rings. The zero-order valence-electron chi connectivity index (χ0n) is 10.0. The second-order valence-electron chi connectivity index (χ2n) is 4.46. The molecule has 1 aromatic heterocycles. The van der Waals surface area contributed by atoms with Gasteiger partial charge in [-0.1, -0.05) is 0 Å². The monoisotopic (exact) mass is 240 g/mol. The molecule has 3 nitrogen and oxygen atoms in total. The lowest BCUT2D eigenvalue weighted by molar-refractivity contribution is 0.0562. The van der Waals surface area contributed by atoms with Crippen LogP contribution >= 0.6 is 11.3 Å². The Labute approximate surface area is 101 Å². The zero-order chi connectivity index (χ0) is 11.4. The SMILES string of the molecule is Cc1nc(CCNCC2CCC(C)O2)cs1. The molecule has 2 rings (SSSR count). The van der Waals surface area contributed by atoms with Crippen molar-refractivity contribution < 1.29 is 4.74 Å². The highest BCUT2D eigenvalue weighted by molar-refractivity contribution is 7.09. The van der Waals surface area contributed by atoms with Crippen molar-refractivity contribution >= 4 is 11.3 Å². The number of hydrogen-bond acceptors (Lipinski definition) is 4. The minimum Gasteiger partial charge on any atom is -0.374 e. The molecule has 1 N–H and O–H groups in total. The van der Waals surface area contributed by atoms with Gasteiger partial charge < -0.3 is 10.1 Å². The summed E-state index contributed by atoms with van der Waals surface area (Å²) in [7, 11) is 0. The molecule has 16 heavy (non-hydrogen) atoms. The Morgan fingerprint density at radius 2 is 2.44 bits per heavy atom. The highest BCUT2D eigenvalue weighted by Gasteiger charge is 2.20. The van der Waals surface area contributed by atoms with Gasteiger partial charge in [0.25, 0.3) is 0 Å². The first-order chi connectivity index (χ1) is 7.74. The van der Waals surface area contributed by atoms with E-state index in [2.05, 4.69) is 29.5 Å². The fourth-order valence-electron chi connectivity index (χ4n) is 2.04. The van der Waals surface area contributed by atoms with Gasteiger partial charge in [-0.05, 0) is 26.7 Å². The summed E-state index contributed by atoms with van der Waals surface area (Å²) in [6, 6.07) is 0. The van der Waals surface area contributed by atoms with Gasteiger partial charge in [0, 0.05) is 24.9 Å². The molecule has 2 heterocycles. The molecule has 0 radical (unpaired) electrons. The molecule has 0 aromatic carbocycles. The first-order valence-corrected chi connectivity index (χ1v) is 6.89. The molecule has 1 aromatic rings. The van der Waals surface area contributed by atoms with Crippen LogP contribution in [0.1, 0.15) is 30.5 Å². The minimum absolute atomic E-state index is 0.423. The van der Waals surface area contributed by atoms with E-state index in [-0.39, 0.29) is 0 Å².